The highest BCUT2D eigenvalue weighted by molar-refractivity contribution is 4.59. The van der Waals surface area contributed by atoms with E-state index in [1.54, 1.807) is 0 Å². The molecule has 1 atom stereocenters. The summed E-state index contributed by atoms with van der Waals surface area (Å²) in [5.74, 6) is 0. The van der Waals surface area contributed by atoms with Crippen molar-refractivity contribution < 1.29 is 4.74 Å². The van der Waals surface area contributed by atoms with Crippen LogP contribution >= 0.6 is 0 Å². The lowest BCUT2D eigenvalue weighted by molar-refractivity contribution is -0.0661. The van der Waals surface area contributed by atoms with Gasteiger partial charge in [0.2, 0.25) is 0 Å². The van der Waals surface area contributed by atoms with Crippen molar-refractivity contribution in [3.63, 3.8) is 0 Å². The average Bonchev–Trinajstić information content (AvgIpc) is 1.31. The molecule has 0 saturated carbocycles. The van der Waals surface area contributed by atoms with Gasteiger partial charge in [-0.3, -0.25) is 5.32 Å². The maximum atomic E-state index is 4.97. The second kappa shape index (κ2) is 1.58. The third kappa shape index (κ3) is 0.533. The summed E-state index contributed by atoms with van der Waals surface area (Å²) in [4.78, 5) is 0. The quantitative estimate of drug-likeness (QED) is 0.484. The average molecular weight is 87.1 g/mol. The van der Waals surface area contributed by atoms with E-state index in [9.17, 15) is 0 Å². The van der Waals surface area contributed by atoms with Crippen LogP contribution in [0.15, 0.2) is 0 Å². The monoisotopic (exact) mass is 87.1 g/mol. The maximum absolute atomic E-state index is 4.97. The van der Waals surface area contributed by atoms with Crippen molar-refractivity contribution in [3.05, 3.63) is 0 Å². The predicted octanol–water partition coefficient (Wildman–Crippen LogP) is -0.0478. The van der Waals surface area contributed by atoms with Gasteiger partial charge < -0.3 is 4.74 Å². The van der Waals surface area contributed by atoms with Crippen molar-refractivity contribution in [2.75, 3.05) is 13.7 Å². The molecule has 1 aliphatic rings. The number of rotatable bonds is 1. The minimum Gasteiger partial charge on any atom is -0.363 e. The number of hydrogen-bond acceptors (Lipinski definition) is 2. The molecule has 0 aromatic carbocycles. The van der Waals surface area contributed by atoms with Crippen molar-refractivity contribution in [2.24, 2.45) is 0 Å². The minimum absolute atomic E-state index is 0.366. The first-order valence-electron chi connectivity index (χ1n) is 2.22. The van der Waals surface area contributed by atoms with Crippen molar-refractivity contribution in [3.8, 4) is 0 Å². The van der Waals surface area contributed by atoms with Gasteiger partial charge in [0.05, 0.1) is 6.61 Å². The van der Waals surface area contributed by atoms with Crippen molar-refractivity contribution in [1.29, 1.82) is 0 Å². The van der Waals surface area contributed by atoms with E-state index in [0.717, 1.165) is 6.61 Å². The molecule has 1 saturated heterocycles. The molecule has 36 valence electrons. The zero-order chi connectivity index (χ0) is 4.41. The molecule has 6 heavy (non-hydrogen) atoms. The van der Waals surface area contributed by atoms with Gasteiger partial charge in [-0.25, -0.2) is 0 Å². The van der Waals surface area contributed by atoms with E-state index < -0.39 is 0 Å². The summed E-state index contributed by atoms with van der Waals surface area (Å²) in [6.07, 6.45) is 1.54. The Bertz CT molecular complexity index is 40.1. The lowest BCUT2D eigenvalue weighted by atomic mass is 10.3. The zero-order valence-electron chi connectivity index (χ0n) is 3.90. The van der Waals surface area contributed by atoms with Crippen LogP contribution in [0.1, 0.15) is 6.42 Å². The fourth-order valence-electron chi connectivity index (χ4n) is 0.463. The van der Waals surface area contributed by atoms with E-state index in [1.165, 1.54) is 6.42 Å². The summed E-state index contributed by atoms with van der Waals surface area (Å²) in [6, 6.07) is 0. The highest BCUT2D eigenvalue weighted by Crippen LogP contribution is 2.04. The van der Waals surface area contributed by atoms with Crippen LogP contribution in [0, 0.1) is 0 Å². The number of nitrogens with one attached hydrogen (secondary N) is 1. The summed E-state index contributed by atoms with van der Waals surface area (Å²) in [5.41, 5.74) is 0. The summed E-state index contributed by atoms with van der Waals surface area (Å²) < 4.78 is 4.97. The Kier molecular flexibility index (Phi) is 1.08. The van der Waals surface area contributed by atoms with Gasteiger partial charge in [0.25, 0.3) is 0 Å². The summed E-state index contributed by atoms with van der Waals surface area (Å²) in [5, 5.41) is 2.98. The van der Waals surface area contributed by atoms with Crippen LogP contribution in [0.5, 0.6) is 0 Å². The van der Waals surface area contributed by atoms with Crippen molar-refractivity contribution >= 4 is 0 Å². The summed E-state index contributed by atoms with van der Waals surface area (Å²) in [6.45, 7) is 0.936. The van der Waals surface area contributed by atoms with E-state index in [1.807, 2.05) is 7.05 Å². The topological polar surface area (TPSA) is 21.3 Å². The molecule has 0 aromatic rings. The fraction of sp³-hybridized carbons (Fsp3) is 1.00. The summed E-state index contributed by atoms with van der Waals surface area (Å²) >= 11 is 0. The first kappa shape index (κ1) is 4.09. The molecule has 0 radical (unpaired) electrons. The molecule has 1 heterocycles. The molecule has 0 aromatic heterocycles. The van der Waals surface area contributed by atoms with Crippen LogP contribution < -0.4 is 5.32 Å². The molecule has 1 fully saturated rings. The molecule has 1 rings (SSSR count). The molecule has 0 aliphatic carbocycles. The molecule has 2 heteroatoms. The minimum atomic E-state index is 0.366. The maximum Gasteiger partial charge on any atom is 0.110 e. The Morgan fingerprint density at radius 2 is 2.50 bits per heavy atom. The van der Waals surface area contributed by atoms with E-state index in [0.29, 0.717) is 6.23 Å². The smallest absolute Gasteiger partial charge is 0.110 e. The van der Waals surface area contributed by atoms with E-state index in [-0.39, 0.29) is 0 Å². The largest absolute Gasteiger partial charge is 0.363 e. The van der Waals surface area contributed by atoms with Crippen LogP contribution in [0.25, 0.3) is 0 Å². The Morgan fingerprint density at radius 3 is 2.50 bits per heavy atom. The first-order chi connectivity index (χ1) is 2.93. The SMILES string of the molecule is CN[C@H]1CCO1. The van der Waals surface area contributed by atoms with Crippen LogP contribution in [0.2, 0.25) is 0 Å². The Hall–Kier alpha value is -0.0800. The first-order valence-corrected chi connectivity index (χ1v) is 2.22. The van der Waals surface area contributed by atoms with Gasteiger partial charge in [-0.2, -0.15) is 0 Å². The predicted molar refractivity (Wildman–Crippen MR) is 23.4 cm³/mol. The molecule has 0 amide bonds. The number of hydrogen-bond donors (Lipinski definition) is 1. The van der Waals surface area contributed by atoms with E-state index in [2.05, 4.69) is 5.32 Å². The van der Waals surface area contributed by atoms with Crippen LogP contribution in [-0.2, 0) is 4.74 Å². The Morgan fingerprint density at radius 1 is 1.83 bits per heavy atom. The number of ether oxygens (including phenoxy) is 1. The van der Waals surface area contributed by atoms with Gasteiger partial charge in [-0.1, -0.05) is 0 Å². The van der Waals surface area contributed by atoms with Gasteiger partial charge in [0.1, 0.15) is 6.23 Å². The summed E-state index contributed by atoms with van der Waals surface area (Å²) in [7, 11) is 1.91. The van der Waals surface area contributed by atoms with Crippen molar-refractivity contribution in [1.82, 2.24) is 5.32 Å². The molecule has 1 aliphatic heterocycles. The third-order valence-corrected chi connectivity index (χ3v) is 1.02. The van der Waals surface area contributed by atoms with Gasteiger partial charge in [0, 0.05) is 6.42 Å². The zero-order valence-corrected chi connectivity index (χ0v) is 3.90. The highest BCUT2D eigenvalue weighted by atomic mass is 16.5. The van der Waals surface area contributed by atoms with Gasteiger partial charge in [-0.05, 0) is 7.05 Å². The molecular weight excluding hydrogens is 78.0 g/mol. The van der Waals surface area contributed by atoms with Crippen LogP contribution in [0.3, 0.4) is 0 Å². The fourth-order valence-corrected chi connectivity index (χ4v) is 0.463. The molecule has 2 nitrogen and oxygen atoms in total. The molecule has 0 bridgehead atoms. The van der Waals surface area contributed by atoms with Crippen LogP contribution in [-0.4, -0.2) is 19.9 Å². The van der Waals surface area contributed by atoms with E-state index >= 15 is 0 Å². The van der Waals surface area contributed by atoms with Gasteiger partial charge in [-0.15, -0.1) is 0 Å². The normalized spacial score (nSPS) is 32.5. The molecule has 0 spiro atoms. The molecular formula is C4H9NO. The van der Waals surface area contributed by atoms with Crippen LogP contribution in [0.4, 0.5) is 0 Å². The van der Waals surface area contributed by atoms with Gasteiger partial charge >= 0.3 is 0 Å². The Labute approximate surface area is 37.5 Å². The van der Waals surface area contributed by atoms with E-state index in [4.69, 9.17) is 4.74 Å². The highest BCUT2D eigenvalue weighted by Gasteiger charge is 2.13. The second-order valence-corrected chi connectivity index (χ2v) is 1.44. The molecule has 0 unspecified atom stereocenters. The lowest BCUT2D eigenvalue weighted by Gasteiger charge is -2.25. The molecule has 1 N–H and O–H groups in total. The van der Waals surface area contributed by atoms with Gasteiger partial charge in [0.15, 0.2) is 0 Å². The Balaban J connectivity index is 2.01. The third-order valence-electron chi connectivity index (χ3n) is 1.02. The second-order valence-electron chi connectivity index (χ2n) is 1.44. The standard InChI is InChI=1S/C4H9NO/c1-5-4-2-3-6-4/h4-5H,2-3H2,1H3/t4-/m1/s1. The van der Waals surface area contributed by atoms with Crippen molar-refractivity contribution in [2.45, 2.75) is 12.6 Å². The lowest BCUT2D eigenvalue weighted by Crippen LogP contribution is -2.38.